The Kier molecular flexibility index (Phi) is 3.33. The first-order valence-electron chi connectivity index (χ1n) is 6.71. The highest BCUT2D eigenvalue weighted by Crippen LogP contribution is 2.24. The minimum atomic E-state index is -2.83. The summed E-state index contributed by atoms with van der Waals surface area (Å²) in [6.07, 6.45) is 0.729. The Morgan fingerprint density at radius 2 is 2.00 bits per heavy atom. The molecule has 1 unspecified atom stereocenters. The van der Waals surface area contributed by atoms with Gasteiger partial charge in [0.25, 0.3) is 0 Å². The highest BCUT2D eigenvalue weighted by Gasteiger charge is 2.27. The number of nitrogens with one attached hydrogen (secondary N) is 1. The third kappa shape index (κ3) is 2.60. The van der Waals surface area contributed by atoms with Gasteiger partial charge in [-0.1, -0.05) is 24.3 Å². The van der Waals surface area contributed by atoms with Crippen LogP contribution in [0.3, 0.4) is 0 Å². The van der Waals surface area contributed by atoms with Gasteiger partial charge in [-0.3, -0.25) is 0 Å². The van der Waals surface area contributed by atoms with Crippen molar-refractivity contribution in [1.29, 1.82) is 0 Å². The molecule has 0 bridgehead atoms. The molecule has 1 aliphatic rings. The lowest BCUT2D eigenvalue weighted by Gasteiger charge is -2.12. The fourth-order valence-electron chi connectivity index (χ4n) is 2.64. The number of sulfone groups is 1. The Hall–Kier alpha value is -1.69. The fraction of sp³-hybridized carbons (Fsp3) is 0.429. The molecular weight excluding hydrogens is 274 g/mol. The van der Waals surface area contributed by atoms with Crippen LogP contribution in [0.25, 0.3) is 10.8 Å². The summed E-state index contributed by atoms with van der Waals surface area (Å²) in [5.41, 5.74) is 0.898. The molecule has 3 rings (SSSR count). The molecule has 5 nitrogen and oxygen atoms in total. The topological polar surface area (TPSA) is 72.0 Å². The lowest BCUT2D eigenvalue weighted by molar-refractivity contribution is 0.595. The maximum Gasteiger partial charge on any atom is 0.156 e. The molecule has 2 aromatic rings. The maximum absolute atomic E-state index is 11.5. The van der Waals surface area contributed by atoms with Crippen LogP contribution in [0.1, 0.15) is 12.1 Å². The van der Waals surface area contributed by atoms with Crippen LogP contribution in [-0.4, -0.2) is 36.7 Å². The minimum absolute atomic E-state index is 0.168. The summed E-state index contributed by atoms with van der Waals surface area (Å²) in [7, 11) is -2.83. The van der Waals surface area contributed by atoms with Crippen LogP contribution in [0.15, 0.2) is 24.3 Å². The number of nitrogens with zero attached hydrogens (tertiary/aromatic N) is 2. The number of rotatable bonds is 3. The SMILES string of the molecule is Cc1nnc(NCC2CCS(=O)(=O)C2)c2ccccc12. The van der Waals surface area contributed by atoms with Crippen LogP contribution in [-0.2, 0) is 9.84 Å². The van der Waals surface area contributed by atoms with Gasteiger partial charge in [0.15, 0.2) is 15.7 Å². The van der Waals surface area contributed by atoms with Crippen molar-refractivity contribution in [3.05, 3.63) is 30.0 Å². The summed E-state index contributed by atoms with van der Waals surface area (Å²) in [6, 6.07) is 7.97. The van der Waals surface area contributed by atoms with E-state index in [2.05, 4.69) is 15.5 Å². The van der Waals surface area contributed by atoms with Crippen molar-refractivity contribution in [2.24, 2.45) is 5.92 Å². The van der Waals surface area contributed by atoms with Crippen LogP contribution in [0.2, 0.25) is 0 Å². The molecule has 1 fully saturated rings. The van der Waals surface area contributed by atoms with E-state index in [1.807, 2.05) is 31.2 Å². The molecule has 1 atom stereocenters. The van der Waals surface area contributed by atoms with Gasteiger partial charge in [-0.2, -0.15) is 5.10 Å². The predicted octanol–water partition coefficient (Wildman–Crippen LogP) is 1.78. The molecule has 0 saturated carbocycles. The quantitative estimate of drug-likeness (QED) is 0.933. The maximum atomic E-state index is 11.5. The third-order valence-electron chi connectivity index (χ3n) is 3.76. The zero-order chi connectivity index (χ0) is 14.2. The third-order valence-corrected chi connectivity index (χ3v) is 5.59. The molecule has 0 aliphatic carbocycles. The van der Waals surface area contributed by atoms with E-state index in [4.69, 9.17) is 0 Å². The Morgan fingerprint density at radius 1 is 1.25 bits per heavy atom. The summed E-state index contributed by atoms with van der Waals surface area (Å²) in [5.74, 6) is 1.48. The van der Waals surface area contributed by atoms with Gasteiger partial charge < -0.3 is 5.32 Å². The molecular formula is C14H17N3O2S. The van der Waals surface area contributed by atoms with E-state index in [1.54, 1.807) is 0 Å². The van der Waals surface area contributed by atoms with Crippen molar-refractivity contribution in [2.75, 3.05) is 23.4 Å². The molecule has 0 radical (unpaired) electrons. The molecule has 106 valence electrons. The minimum Gasteiger partial charge on any atom is -0.368 e. The van der Waals surface area contributed by atoms with E-state index in [0.717, 1.165) is 28.7 Å². The number of fused-ring (bicyclic) bond motifs is 1. The lowest BCUT2D eigenvalue weighted by Crippen LogP contribution is -2.16. The van der Waals surface area contributed by atoms with Gasteiger partial charge in [0, 0.05) is 17.3 Å². The summed E-state index contributed by atoms with van der Waals surface area (Å²) < 4.78 is 22.9. The van der Waals surface area contributed by atoms with Crippen molar-refractivity contribution >= 4 is 26.4 Å². The fourth-order valence-corrected chi connectivity index (χ4v) is 4.50. The summed E-state index contributed by atoms with van der Waals surface area (Å²) in [5, 5.41) is 13.7. The van der Waals surface area contributed by atoms with Gasteiger partial charge in [-0.15, -0.1) is 5.10 Å². The molecule has 1 aliphatic heterocycles. The average Bonchev–Trinajstić information content (AvgIpc) is 2.78. The Morgan fingerprint density at radius 3 is 2.70 bits per heavy atom. The molecule has 20 heavy (non-hydrogen) atoms. The monoisotopic (exact) mass is 291 g/mol. The van der Waals surface area contributed by atoms with Crippen molar-refractivity contribution < 1.29 is 8.42 Å². The number of benzene rings is 1. The zero-order valence-electron chi connectivity index (χ0n) is 11.3. The van der Waals surface area contributed by atoms with Crippen molar-refractivity contribution in [2.45, 2.75) is 13.3 Å². The first-order valence-corrected chi connectivity index (χ1v) is 8.53. The van der Waals surface area contributed by atoms with E-state index < -0.39 is 9.84 Å². The molecule has 1 saturated heterocycles. The summed E-state index contributed by atoms with van der Waals surface area (Å²) >= 11 is 0. The van der Waals surface area contributed by atoms with E-state index in [9.17, 15) is 8.42 Å². The molecule has 0 spiro atoms. The van der Waals surface area contributed by atoms with Gasteiger partial charge in [0.2, 0.25) is 0 Å². The summed E-state index contributed by atoms with van der Waals surface area (Å²) in [4.78, 5) is 0. The van der Waals surface area contributed by atoms with Gasteiger partial charge >= 0.3 is 0 Å². The second kappa shape index (κ2) is 5.01. The van der Waals surface area contributed by atoms with E-state index in [-0.39, 0.29) is 11.7 Å². The summed E-state index contributed by atoms with van der Waals surface area (Å²) in [6.45, 7) is 2.56. The largest absolute Gasteiger partial charge is 0.368 e. The lowest BCUT2D eigenvalue weighted by atomic mass is 10.1. The van der Waals surface area contributed by atoms with Crippen LogP contribution in [0, 0.1) is 12.8 Å². The predicted molar refractivity (Wildman–Crippen MR) is 79.5 cm³/mol. The Balaban J connectivity index is 1.80. The highest BCUT2D eigenvalue weighted by atomic mass is 32.2. The molecule has 1 aromatic heterocycles. The smallest absolute Gasteiger partial charge is 0.156 e. The number of aromatic nitrogens is 2. The van der Waals surface area contributed by atoms with E-state index >= 15 is 0 Å². The first-order chi connectivity index (χ1) is 9.55. The van der Waals surface area contributed by atoms with Gasteiger partial charge in [0.1, 0.15) is 0 Å². The van der Waals surface area contributed by atoms with Crippen LogP contribution in [0.4, 0.5) is 5.82 Å². The highest BCUT2D eigenvalue weighted by molar-refractivity contribution is 7.91. The van der Waals surface area contributed by atoms with Crippen LogP contribution in [0.5, 0.6) is 0 Å². The van der Waals surface area contributed by atoms with E-state index in [0.29, 0.717) is 12.3 Å². The standard InChI is InChI=1S/C14H17N3O2S/c1-10-12-4-2-3-5-13(12)14(17-16-10)15-8-11-6-7-20(18,19)9-11/h2-5,11H,6-9H2,1H3,(H,15,17). The van der Waals surface area contributed by atoms with Gasteiger partial charge in [0.05, 0.1) is 17.2 Å². The van der Waals surface area contributed by atoms with Crippen LogP contribution < -0.4 is 5.32 Å². The van der Waals surface area contributed by atoms with Crippen molar-refractivity contribution in [3.63, 3.8) is 0 Å². The van der Waals surface area contributed by atoms with Crippen molar-refractivity contribution in [1.82, 2.24) is 10.2 Å². The number of hydrogen-bond acceptors (Lipinski definition) is 5. The Labute approximate surface area is 118 Å². The van der Waals surface area contributed by atoms with Gasteiger partial charge in [-0.25, -0.2) is 8.42 Å². The second-order valence-electron chi connectivity index (χ2n) is 5.33. The molecule has 6 heteroatoms. The molecule has 1 N–H and O–H groups in total. The van der Waals surface area contributed by atoms with Crippen LogP contribution >= 0.6 is 0 Å². The Bertz CT molecular complexity index is 743. The molecule has 2 heterocycles. The normalized spacial score (nSPS) is 21.1. The van der Waals surface area contributed by atoms with Gasteiger partial charge in [-0.05, 0) is 19.3 Å². The molecule has 1 aromatic carbocycles. The number of anilines is 1. The number of aryl methyl sites for hydroxylation is 1. The molecule has 0 amide bonds. The zero-order valence-corrected chi connectivity index (χ0v) is 12.2. The van der Waals surface area contributed by atoms with E-state index in [1.165, 1.54) is 0 Å². The second-order valence-corrected chi connectivity index (χ2v) is 7.56. The van der Waals surface area contributed by atoms with Crippen molar-refractivity contribution in [3.8, 4) is 0 Å². The first kappa shape index (κ1) is 13.3. The average molecular weight is 291 g/mol. The number of hydrogen-bond donors (Lipinski definition) is 1.